The smallest absolute Gasteiger partial charge is 0.302 e. The fraction of sp³-hybridized carbons (Fsp3) is 0.857. The second-order valence-corrected chi connectivity index (χ2v) is 9.80. The van der Waals surface area contributed by atoms with E-state index in [1.807, 2.05) is 0 Å². The zero-order valence-corrected chi connectivity index (χ0v) is 16.0. The molecule has 4 fully saturated rings. The van der Waals surface area contributed by atoms with Gasteiger partial charge in [-0.3, -0.25) is 14.4 Å². The molecule has 7 unspecified atom stereocenters. The molecule has 0 aromatic carbocycles. The summed E-state index contributed by atoms with van der Waals surface area (Å²) >= 11 is 0. The van der Waals surface area contributed by atoms with Crippen LogP contribution in [0.2, 0.25) is 0 Å². The van der Waals surface area contributed by atoms with Crippen LogP contribution in [-0.2, 0) is 19.1 Å². The highest BCUT2D eigenvalue weighted by molar-refractivity contribution is 6.42. The van der Waals surface area contributed by atoms with Gasteiger partial charge in [0, 0.05) is 12.3 Å². The number of rotatable bonds is 2. The molecular weight excluding hydrogens is 332 g/mol. The fourth-order valence-electron chi connectivity index (χ4n) is 7.58. The molecule has 7 atom stereocenters. The standard InChI is InChI=1S/C21H30O5/c1-12(22)26-11-19(2)8-4-9-20(3)14(19)7-10-21-15(20)6-5-13(17(21)24)16(23)18(21)25/h13-15,17,24H,4-11H2,1-3H3. The Kier molecular flexibility index (Phi) is 3.93. The Balaban J connectivity index is 1.72. The van der Waals surface area contributed by atoms with E-state index in [4.69, 9.17) is 4.74 Å². The van der Waals surface area contributed by atoms with Crippen molar-refractivity contribution in [3.8, 4) is 0 Å². The predicted octanol–water partition coefficient (Wildman–Crippen LogP) is 2.68. The van der Waals surface area contributed by atoms with Crippen LogP contribution in [0.1, 0.15) is 65.7 Å². The number of Topliss-reactive ketones (excluding diaryl/α,β-unsaturated/α-hetero) is 2. The summed E-state index contributed by atoms with van der Waals surface area (Å²) in [6.45, 7) is 6.33. The lowest BCUT2D eigenvalue weighted by Crippen LogP contribution is -2.62. The van der Waals surface area contributed by atoms with Crippen LogP contribution in [-0.4, -0.2) is 35.4 Å². The number of ether oxygens (including phenoxy) is 1. The topological polar surface area (TPSA) is 80.7 Å². The maximum Gasteiger partial charge on any atom is 0.302 e. The average Bonchev–Trinajstić information content (AvgIpc) is 2.69. The number of carbonyl (C=O) groups is 3. The summed E-state index contributed by atoms with van der Waals surface area (Å²) in [6, 6.07) is 0. The number of hydrogen-bond donors (Lipinski definition) is 1. The molecule has 0 saturated heterocycles. The Morgan fingerprint density at radius 3 is 2.54 bits per heavy atom. The Hall–Kier alpha value is -1.23. The van der Waals surface area contributed by atoms with Gasteiger partial charge in [0.05, 0.1) is 24.0 Å². The lowest BCUT2D eigenvalue weighted by molar-refractivity contribution is -0.196. The van der Waals surface area contributed by atoms with Crippen LogP contribution >= 0.6 is 0 Å². The van der Waals surface area contributed by atoms with Crippen molar-refractivity contribution in [3.63, 3.8) is 0 Å². The van der Waals surface area contributed by atoms with Crippen LogP contribution in [0.4, 0.5) is 0 Å². The molecule has 4 aliphatic rings. The van der Waals surface area contributed by atoms with E-state index in [0.717, 1.165) is 32.1 Å². The van der Waals surface area contributed by atoms with Crippen molar-refractivity contribution in [1.29, 1.82) is 0 Å². The van der Waals surface area contributed by atoms with Gasteiger partial charge in [-0.1, -0.05) is 20.3 Å². The summed E-state index contributed by atoms with van der Waals surface area (Å²) in [7, 11) is 0. The van der Waals surface area contributed by atoms with E-state index in [1.165, 1.54) is 6.92 Å². The van der Waals surface area contributed by atoms with Crippen molar-refractivity contribution in [2.45, 2.75) is 71.8 Å². The molecule has 5 nitrogen and oxygen atoms in total. The first-order valence-corrected chi connectivity index (χ1v) is 10.1. The number of hydrogen-bond acceptors (Lipinski definition) is 5. The van der Waals surface area contributed by atoms with Gasteiger partial charge < -0.3 is 9.84 Å². The van der Waals surface area contributed by atoms with Crippen LogP contribution in [0.15, 0.2) is 0 Å². The Bertz CT molecular complexity index is 671. The maximum absolute atomic E-state index is 13.0. The van der Waals surface area contributed by atoms with Gasteiger partial charge in [-0.15, -0.1) is 0 Å². The number of ketones is 2. The molecule has 0 amide bonds. The first-order chi connectivity index (χ1) is 12.2. The van der Waals surface area contributed by atoms with E-state index >= 15 is 0 Å². The first-order valence-electron chi connectivity index (χ1n) is 10.1. The summed E-state index contributed by atoms with van der Waals surface area (Å²) in [6.07, 6.45) is 5.12. The quantitative estimate of drug-likeness (QED) is 0.603. The van der Waals surface area contributed by atoms with E-state index in [0.29, 0.717) is 25.4 Å². The first kappa shape index (κ1) is 18.1. The van der Waals surface area contributed by atoms with Crippen molar-refractivity contribution in [1.82, 2.24) is 0 Å². The van der Waals surface area contributed by atoms with Crippen LogP contribution in [0.25, 0.3) is 0 Å². The zero-order chi connectivity index (χ0) is 18.9. The molecule has 26 heavy (non-hydrogen) atoms. The molecule has 4 aliphatic carbocycles. The Labute approximate surface area is 154 Å². The molecule has 1 N–H and O–H groups in total. The van der Waals surface area contributed by atoms with Gasteiger partial charge in [-0.2, -0.15) is 0 Å². The van der Waals surface area contributed by atoms with E-state index in [1.54, 1.807) is 0 Å². The molecule has 0 radical (unpaired) electrons. The normalized spacial score (nSPS) is 50.2. The lowest BCUT2D eigenvalue weighted by Gasteiger charge is -2.64. The van der Waals surface area contributed by atoms with Gasteiger partial charge in [-0.25, -0.2) is 0 Å². The Morgan fingerprint density at radius 1 is 1.12 bits per heavy atom. The zero-order valence-electron chi connectivity index (χ0n) is 16.0. The summed E-state index contributed by atoms with van der Waals surface area (Å²) in [5, 5.41) is 10.9. The molecule has 4 rings (SSSR count). The number of aliphatic hydroxyl groups is 1. The number of carbonyl (C=O) groups excluding carboxylic acids is 3. The molecule has 0 heterocycles. The lowest BCUT2D eigenvalue weighted by atomic mass is 9.40. The van der Waals surface area contributed by atoms with Crippen molar-refractivity contribution in [2.24, 2.45) is 34.0 Å². The molecule has 144 valence electrons. The van der Waals surface area contributed by atoms with Gasteiger partial charge in [-0.05, 0) is 55.8 Å². The summed E-state index contributed by atoms with van der Waals surface area (Å²) in [5.74, 6) is -0.972. The van der Waals surface area contributed by atoms with Gasteiger partial charge >= 0.3 is 5.97 Å². The second kappa shape index (κ2) is 5.63. The van der Waals surface area contributed by atoms with E-state index in [-0.39, 0.29) is 34.3 Å². The largest absolute Gasteiger partial charge is 0.465 e. The van der Waals surface area contributed by atoms with Gasteiger partial charge in [0.25, 0.3) is 0 Å². The molecular formula is C21H30O5. The number of aliphatic hydroxyl groups excluding tert-OH is 1. The molecule has 5 heteroatoms. The van der Waals surface area contributed by atoms with Crippen LogP contribution in [0, 0.1) is 34.0 Å². The van der Waals surface area contributed by atoms with Crippen molar-refractivity contribution in [2.75, 3.05) is 6.61 Å². The van der Waals surface area contributed by atoms with Crippen LogP contribution in [0.3, 0.4) is 0 Å². The predicted molar refractivity (Wildman–Crippen MR) is 94.1 cm³/mol. The highest BCUT2D eigenvalue weighted by atomic mass is 16.5. The summed E-state index contributed by atoms with van der Waals surface area (Å²) in [5.41, 5.74) is -1.06. The number of esters is 1. The number of fused-ring (bicyclic) bond motifs is 3. The van der Waals surface area contributed by atoms with Crippen molar-refractivity contribution >= 4 is 17.5 Å². The third-order valence-electron chi connectivity index (χ3n) is 8.63. The van der Waals surface area contributed by atoms with E-state index in [2.05, 4.69) is 13.8 Å². The average molecular weight is 362 g/mol. The van der Waals surface area contributed by atoms with E-state index in [9.17, 15) is 19.5 Å². The maximum atomic E-state index is 13.0. The molecule has 4 saturated carbocycles. The minimum absolute atomic E-state index is 0.0518. The summed E-state index contributed by atoms with van der Waals surface area (Å²) in [4.78, 5) is 36.8. The molecule has 0 aromatic heterocycles. The van der Waals surface area contributed by atoms with Gasteiger partial charge in [0.2, 0.25) is 11.6 Å². The Morgan fingerprint density at radius 2 is 1.85 bits per heavy atom. The van der Waals surface area contributed by atoms with Crippen LogP contribution < -0.4 is 0 Å². The molecule has 0 aliphatic heterocycles. The van der Waals surface area contributed by atoms with Gasteiger partial charge in [0.1, 0.15) is 0 Å². The van der Waals surface area contributed by atoms with Crippen molar-refractivity contribution in [3.05, 3.63) is 0 Å². The van der Waals surface area contributed by atoms with Gasteiger partial charge in [0.15, 0.2) is 0 Å². The highest BCUT2D eigenvalue weighted by Crippen LogP contribution is 2.70. The fourth-order valence-corrected chi connectivity index (χ4v) is 7.58. The van der Waals surface area contributed by atoms with E-state index < -0.39 is 17.4 Å². The minimum atomic E-state index is -0.856. The monoisotopic (exact) mass is 362 g/mol. The third-order valence-corrected chi connectivity index (χ3v) is 8.63. The minimum Gasteiger partial charge on any atom is -0.465 e. The molecule has 1 spiro atoms. The second-order valence-electron chi connectivity index (χ2n) is 9.80. The summed E-state index contributed by atoms with van der Waals surface area (Å²) < 4.78 is 5.42. The van der Waals surface area contributed by atoms with Crippen LogP contribution in [0.5, 0.6) is 0 Å². The molecule has 0 aromatic rings. The third kappa shape index (κ3) is 2.10. The molecule has 2 bridgehead atoms. The van der Waals surface area contributed by atoms with Crippen molar-refractivity contribution < 1.29 is 24.2 Å². The highest BCUT2D eigenvalue weighted by Gasteiger charge is 2.72. The SMILES string of the molecule is CC(=O)OCC1(C)CCCC2(C)C1CCC13C(=O)C(=O)C(CCC21)C3O.